The van der Waals surface area contributed by atoms with E-state index < -0.39 is 12.2 Å². The molecule has 23 heavy (non-hydrogen) atoms. The SMILES string of the molecule is COc1ccc(C(O)CC2OC(=O)c3ccccc32)c(OC)c1. The van der Waals surface area contributed by atoms with E-state index in [4.69, 9.17) is 14.2 Å². The topological polar surface area (TPSA) is 65.0 Å². The van der Waals surface area contributed by atoms with Crippen molar-refractivity contribution in [2.75, 3.05) is 14.2 Å². The number of aliphatic hydroxyl groups is 1. The predicted octanol–water partition coefficient (Wildman–Crippen LogP) is 3.04. The monoisotopic (exact) mass is 314 g/mol. The van der Waals surface area contributed by atoms with Crippen molar-refractivity contribution in [3.8, 4) is 11.5 Å². The Morgan fingerprint density at radius 2 is 1.96 bits per heavy atom. The Balaban J connectivity index is 1.83. The highest BCUT2D eigenvalue weighted by molar-refractivity contribution is 5.93. The Morgan fingerprint density at radius 1 is 1.17 bits per heavy atom. The van der Waals surface area contributed by atoms with Crippen LogP contribution < -0.4 is 9.47 Å². The van der Waals surface area contributed by atoms with Gasteiger partial charge in [-0.1, -0.05) is 18.2 Å². The van der Waals surface area contributed by atoms with Crippen LogP contribution in [0.1, 0.15) is 40.1 Å². The molecule has 0 aromatic heterocycles. The molecule has 0 radical (unpaired) electrons. The molecule has 0 saturated heterocycles. The van der Waals surface area contributed by atoms with Gasteiger partial charge in [0.1, 0.15) is 17.6 Å². The van der Waals surface area contributed by atoms with E-state index in [1.807, 2.05) is 12.1 Å². The predicted molar refractivity (Wildman–Crippen MR) is 83.7 cm³/mol. The Morgan fingerprint density at radius 3 is 2.70 bits per heavy atom. The van der Waals surface area contributed by atoms with E-state index in [1.54, 1.807) is 37.4 Å². The summed E-state index contributed by atoms with van der Waals surface area (Å²) in [7, 11) is 3.11. The number of fused-ring (bicyclic) bond motifs is 1. The van der Waals surface area contributed by atoms with Crippen LogP contribution in [0, 0.1) is 0 Å². The molecule has 2 aromatic carbocycles. The highest BCUT2D eigenvalue weighted by atomic mass is 16.5. The van der Waals surface area contributed by atoms with Crippen molar-refractivity contribution in [3.63, 3.8) is 0 Å². The fourth-order valence-electron chi connectivity index (χ4n) is 2.82. The molecule has 2 unspecified atom stereocenters. The first kappa shape index (κ1) is 15.4. The van der Waals surface area contributed by atoms with Gasteiger partial charge < -0.3 is 19.3 Å². The van der Waals surface area contributed by atoms with Crippen LogP contribution >= 0.6 is 0 Å². The first-order chi connectivity index (χ1) is 11.1. The fraction of sp³-hybridized carbons (Fsp3) is 0.278. The molecule has 2 aromatic rings. The molecule has 1 aliphatic heterocycles. The molecular weight excluding hydrogens is 296 g/mol. The number of hydrogen-bond donors (Lipinski definition) is 1. The Kier molecular flexibility index (Phi) is 4.21. The number of esters is 1. The zero-order valence-electron chi connectivity index (χ0n) is 13.0. The highest BCUT2D eigenvalue weighted by Crippen LogP contribution is 2.39. The number of ether oxygens (including phenoxy) is 3. The van der Waals surface area contributed by atoms with Gasteiger partial charge in [-0.3, -0.25) is 0 Å². The number of aliphatic hydroxyl groups excluding tert-OH is 1. The number of carbonyl (C=O) groups excluding carboxylic acids is 1. The van der Waals surface area contributed by atoms with Gasteiger partial charge in [-0.05, 0) is 18.2 Å². The third-order valence-corrected chi connectivity index (χ3v) is 4.01. The molecule has 0 bridgehead atoms. The summed E-state index contributed by atoms with van der Waals surface area (Å²) < 4.78 is 15.8. The first-order valence-electron chi connectivity index (χ1n) is 7.34. The summed E-state index contributed by atoms with van der Waals surface area (Å²) in [6.45, 7) is 0. The average molecular weight is 314 g/mol. The summed E-state index contributed by atoms with van der Waals surface area (Å²) in [6, 6.07) is 12.5. The fourth-order valence-corrected chi connectivity index (χ4v) is 2.82. The van der Waals surface area contributed by atoms with E-state index in [0.717, 1.165) is 5.56 Å². The molecule has 0 saturated carbocycles. The standard InChI is InChI=1S/C18H18O5/c1-21-11-7-8-14(16(9-11)22-2)15(19)10-17-12-5-3-4-6-13(12)18(20)23-17/h3-9,15,17,19H,10H2,1-2H3. The Bertz CT molecular complexity index is 725. The number of benzene rings is 2. The van der Waals surface area contributed by atoms with Gasteiger partial charge in [-0.25, -0.2) is 4.79 Å². The van der Waals surface area contributed by atoms with Gasteiger partial charge in [0.2, 0.25) is 0 Å². The summed E-state index contributed by atoms with van der Waals surface area (Å²) in [5.41, 5.74) is 2.00. The highest BCUT2D eigenvalue weighted by Gasteiger charge is 2.32. The molecule has 5 heteroatoms. The molecule has 0 amide bonds. The Hall–Kier alpha value is -2.53. The zero-order chi connectivity index (χ0) is 16.4. The van der Waals surface area contributed by atoms with Crippen molar-refractivity contribution < 1.29 is 24.1 Å². The molecule has 0 aliphatic carbocycles. The summed E-state index contributed by atoms with van der Waals surface area (Å²) >= 11 is 0. The van der Waals surface area contributed by atoms with Gasteiger partial charge in [0, 0.05) is 23.6 Å². The van der Waals surface area contributed by atoms with E-state index in [1.165, 1.54) is 7.11 Å². The van der Waals surface area contributed by atoms with Crippen LogP contribution in [0.15, 0.2) is 42.5 Å². The van der Waals surface area contributed by atoms with E-state index >= 15 is 0 Å². The van der Waals surface area contributed by atoms with Gasteiger partial charge in [0.25, 0.3) is 0 Å². The molecule has 1 N–H and O–H groups in total. The van der Waals surface area contributed by atoms with Crippen LogP contribution in [0.5, 0.6) is 11.5 Å². The molecule has 1 heterocycles. The lowest BCUT2D eigenvalue weighted by atomic mass is 9.97. The minimum absolute atomic E-state index is 0.269. The van der Waals surface area contributed by atoms with Gasteiger partial charge >= 0.3 is 5.97 Å². The van der Waals surface area contributed by atoms with Gasteiger partial charge in [0.15, 0.2) is 0 Å². The van der Waals surface area contributed by atoms with Crippen molar-refractivity contribution in [1.29, 1.82) is 0 Å². The maximum Gasteiger partial charge on any atom is 0.339 e. The maximum absolute atomic E-state index is 11.9. The number of hydrogen-bond acceptors (Lipinski definition) is 5. The zero-order valence-corrected chi connectivity index (χ0v) is 13.0. The largest absolute Gasteiger partial charge is 0.497 e. The number of carbonyl (C=O) groups is 1. The van der Waals surface area contributed by atoms with Crippen molar-refractivity contribution in [2.24, 2.45) is 0 Å². The van der Waals surface area contributed by atoms with E-state index in [-0.39, 0.29) is 12.4 Å². The van der Waals surface area contributed by atoms with Crippen molar-refractivity contribution in [1.82, 2.24) is 0 Å². The molecule has 120 valence electrons. The lowest BCUT2D eigenvalue weighted by molar-refractivity contribution is 0.0232. The van der Waals surface area contributed by atoms with Gasteiger partial charge in [-0.2, -0.15) is 0 Å². The molecule has 5 nitrogen and oxygen atoms in total. The number of rotatable bonds is 5. The van der Waals surface area contributed by atoms with Crippen molar-refractivity contribution >= 4 is 5.97 Å². The molecule has 1 aliphatic rings. The third kappa shape index (κ3) is 2.87. The third-order valence-electron chi connectivity index (χ3n) is 4.01. The molecule has 0 spiro atoms. The molecule has 3 rings (SSSR count). The number of methoxy groups -OCH3 is 2. The summed E-state index contributed by atoms with van der Waals surface area (Å²) in [5.74, 6) is 0.837. The van der Waals surface area contributed by atoms with Crippen LogP contribution in [0.2, 0.25) is 0 Å². The van der Waals surface area contributed by atoms with E-state index in [9.17, 15) is 9.90 Å². The number of cyclic esters (lactones) is 1. The smallest absolute Gasteiger partial charge is 0.339 e. The minimum Gasteiger partial charge on any atom is -0.497 e. The quantitative estimate of drug-likeness (QED) is 0.859. The van der Waals surface area contributed by atoms with Crippen LogP contribution in [0.4, 0.5) is 0 Å². The van der Waals surface area contributed by atoms with Crippen LogP contribution in [-0.4, -0.2) is 25.3 Å². The lowest BCUT2D eigenvalue weighted by Crippen LogP contribution is -2.07. The van der Waals surface area contributed by atoms with Crippen molar-refractivity contribution in [3.05, 3.63) is 59.2 Å². The minimum atomic E-state index is -0.820. The normalized spacial score (nSPS) is 17.3. The second-order valence-corrected chi connectivity index (χ2v) is 5.34. The average Bonchev–Trinajstić information content (AvgIpc) is 2.90. The first-order valence-corrected chi connectivity index (χ1v) is 7.34. The lowest BCUT2D eigenvalue weighted by Gasteiger charge is -2.19. The van der Waals surface area contributed by atoms with E-state index in [0.29, 0.717) is 22.6 Å². The van der Waals surface area contributed by atoms with Crippen LogP contribution in [0.25, 0.3) is 0 Å². The molecular formula is C18H18O5. The summed E-state index contributed by atoms with van der Waals surface area (Å²) in [6.07, 6.45) is -1.01. The van der Waals surface area contributed by atoms with E-state index in [2.05, 4.69) is 0 Å². The van der Waals surface area contributed by atoms with Gasteiger partial charge in [0.05, 0.1) is 25.9 Å². The molecule has 2 atom stereocenters. The second kappa shape index (κ2) is 6.30. The molecule has 0 fully saturated rings. The summed E-state index contributed by atoms with van der Waals surface area (Å²) in [5, 5.41) is 10.6. The van der Waals surface area contributed by atoms with Crippen LogP contribution in [-0.2, 0) is 4.74 Å². The maximum atomic E-state index is 11.9. The second-order valence-electron chi connectivity index (χ2n) is 5.34. The van der Waals surface area contributed by atoms with Crippen LogP contribution in [0.3, 0.4) is 0 Å². The summed E-state index contributed by atoms with van der Waals surface area (Å²) in [4.78, 5) is 11.9. The van der Waals surface area contributed by atoms with Crippen molar-refractivity contribution in [2.45, 2.75) is 18.6 Å². The Labute approximate surface area is 134 Å². The van der Waals surface area contributed by atoms with Gasteiger partial charge in [-0.15, -0.1) is 0 Å².